The molecule has 90 valence electrons. The molecule has 0 bridgehead atoms. The molecule has 17 heavy (non-hydrogen) atoms. The first-order valence-corrected chi connectivity index (χ1v) is 5.04. The fourth-order valence-corrected chi connectivity index (χ4v) is 1.45. The van der Waals surface area contributed by atoms with Crippen LogP contribution in [-0.4, -0.2) is 27.2 Å². The molecule has 0 fully saturated rings. The number of aromatic hydroxyl groups is 1. The highest BCUT2D eigenvalue weighted by Crippen LogP contribution is 2.25. The third-order valence-electron chi connectivity index (χ3n) is 2.41. The summed E-state index contributed by atoms with van der Waals surface area (Å²) in [6, 6.07) is 5.72. The molecule has 0 amide bonds. The van der Waals surface area contributed by atoms with E-state index in [9.17, 15) is 20.1 Å². The van der Waals surface area contributed by atoms with Crippen LogP contribution in [0.1, 0.15) is 35.4 Å². The van der Waals surface area contributed by atoms with Crippen molar-refractivity contribution in [2.75, 3.05) is 0 Å². The van der Waals surface area contributed by atoms with Crippen LogP contribution in [0.5, 0.6) is 5.75 Å². The monoisotopic (exact) mass is 235 g/mol. The molecule has 0 radical (unpaired) electrons. The van der Waals surface area contributed by atoms with E-state index >= 15 is 0 Å². The van der Waals surface area contributed by atoms with Crippen LogP contribution < -0.4 is 0 Å². The fraction of sp³-hybridized carbons (Fsp3) is 0.333. The lowest BCUT2D eigenvalue weighted by molar-refractivity contribution is 0.0215. The quantitative estimate of drug-likeness (QED) is 0.673. The zero-order valence-electron chi connectivity index (χ0n) is 9.29. The molecular formula is C12H13NO4. The number of aliphatic hydroxyl groups is 2. The maximum atomic E-state index is 11.2. The summed E-state index contributed by atoms with van der Waals surface area (Å²) >= 11 is 0. The summed E-state index contributed by atoms with van der Waals surface area (Å²) in [6.45, 7) is 1.29. The van der Waals surface area contributed by atoms with Crippen LogP contribution in [0.15, 0.2) is 18.2 Å². The molecule has 2 unspecified atom stereocenters. The van der Waals surface area contributed by atoms with Crippen molar-refractivity contribution in [2.45, 2.75) is 25.6 Å². The van der Waals surface area contributed by atoms with Crippen molar-refractivity contribution < 1.29 is 20.1 Å². The number of phenols is 1. The van der Waals surface area contributed by atoms with Gasteiger partial charge in [0.15, 0.2) is 5.78 Å². The van der Waals surface area contributed by atoms with E-state index in [0.717, 1.165) is 0 Å². The lowest BCUT2D eigenvalue weighted by atomic mass is 9.99. The molecule has 3 N–H and O–H groups in total. The van der Waals surface area contributed by atoms with Gasteiger partial charge in [-0.2, -0.15) is 5.26 Å². The predicted octanol–water partition coefficient (Wildman–Crippen LogP) is 0.903. The minimum absolute atomic E-state index is 0.0747. The Kier molecular flexibility index (Phi) is 4.21. The molecule has 1 aromatic carbocycles. The highest BCUT2D eigenvalue weighted by Gasteiger charge is 2.19. The Labute approximate surface area is 98.6 Å². The molecule has 0 aliphatic heterocycles. The molecule has 0 spiro atoms. The normalized spacial score (nSPS) is 13.8. The molecule has 0 saturated carbocycles. The molecule has 1 rings (SSSR count). The number of hydrogen-bond acceptors (Lipinski definition) is 5. The topological polar surface area (TPSA) is 102 Å². The van der Waals surface area contributed by atoms with Crippen molar-refractivity contribution in [2.24, 2.45) is 0 Å². The average molecular weight is 235 g/mol. The minimum Gasteiger partial charge on any atom is -0.507 e. The van der Waals surface area contributed by atoms with E-state index in [2.05, 4.69) is 0 Å². The lowest BCUT2D eigenvalue weighted by Crippen LogP contribution is -2.17. The van der Waals surface area contributed by atoms with Crippen molar-refractivity contribution in [1.82, 2.24) is 0 Å². The first-order chi connectivity index (χ1) is 7.97. The number of phenolic OH excluding ortho intramolecular Hbond substituents is 1. The number of carbonyl (C=O) groups is 1. The molecule has 5 heteroatoms. The average Bonchev–Trinajstić information content (AvgIpc) is 2.28. The standard InChI is InChI=1S/C12H13NO4/c1-7(14)9-6-8(2-3-10(9)15)12(17)11(16)4-5-13/h2-3,6,11-12,15-17H,4H2,1H3. The van der Waals surface area contributed by atoms with Gasteiger partial charge in [-0.1, -0.05) is 6.07 Å². The molecule has 0 aromatic heterocycles. The number of ketones is 1. The predicted molar refractivity (Wildman–Crippen MR) is 59.3 cm³/mol. The summed E-state index contributed by atoms with van der Waals surface area (Å²) in [7, 11) is 0. The van der Waals surface area contributed by atoms with Crippen molar-refractivity contribution in [3.05, 3.63) is 29.3 Å². The van der Waals surface area contributed by atoms with Crippen LogP contribution in [0.3, 0.4) is 0 Å². The van der Waals surface area contributed by atoms with E-state index in [-0.39, 0.29) is 29.1 Å². The van der Waals surface area contributed by atoms with Gasteiger partial charge in [0.05, 0.1) is 24.2 Å². The second-order valence-electron chi connectivity index (χ2n) is 3.71. The van der Waals surface area contributed by atoms with Gasteiger partial charge in [-0.3, -0.25) is 4.79 Å². The Bertz CT molecular complexity index is 464. The Morgan fingerprint density at radius 3 is 2.65 bits per heavy atom. The Balaban J connectivity index is 3.04. The van der Waals surface area contributed by atoms with Gasteiger partial charge in [0, 0.05) is 0 Å². The van der Waals surface area contributed by atoms with Crippen molar-refractivity contribution in [3.63, 3.8) is 0 Å². The van der Waals surface area contributed by atoms with E-state index in [0.29, 0.717) is 0 Å². The minimum atomic E-state index is -1.26. The Morgan fingerprint density at radius 2 is 2.12 bits per heavy atom. The number of nitrogens with zero attached hydrogens (tertiary/aromatic N) is 1. The van der Waals surface area contributed by atoms with E-state index in [1.165, 1.54) is 25.1 Å². The van der Waals surface area contributed by atoms with Crippen LogP contribution in [-0.2, 0) is 0 Å². The molecule has 2 atom stereocenters. The van der Waals surface area contributed by atoms with Crippen LogP contribution in [0.2, 0.25) is 0 Å². The maximum absolute atomic E-state index is 11.2. The van der Waals surface area contributed by atoms with Gasteiger partial charge in [-0.15, -0.1) is 0 Å². The zero-order valence-corrected chi connectivity index (χ0v) is 9.29. The molecule has 0 aliphatic carbocycles. The summed E-state index contributed by atoms with van der Waals surface area (Å²) in [5.41, 5.74) is 0.362. The van der Waals surface area contributed by atoms with Gasteiger partial charge in [-0.25, -0.2) is 0 Å². The van der Waals surface area contributed by atoms with Gasteiger partial charge in [-0.05, 0) is 24.6 Å². The van der Waals surface area contributed by atoms with Crippen molar-refractivity contribution in [3.8, 4) is 11.8 Å². The van der Waals surface area contributed by atoms with Crippen LogP contribution in [0.25, 0.3) is 0 Å². The van der Waals surface area contributed by atoms with Crippen LogP contribution in [0.4, 0.5) is 0 Å². The Hall–Kier alpha value is -1.90. The highest BCUT2D eigenvalue weighted by atomic mass is 16.3. The first kappa shape index (κ1) is 13.2. The molecule has 5 nitrogen and oxygen atoms in total. The second kappa shape index (κ2) is 5.43. The zero-order chi connectivity index (χ0) is 13.0. The summed E-state index contributed by atoms with van der Waals surface area (Å²) in [4.78, 5) is 11.2. The molecule has 0 saturated heterocycles. The lowest BCUT2D eigenvalue weighted by Gasteiger charge is -2.16. The van der Waals surface area contributed by atoms with Gasteiger partial charge >= 0.3 is 0 Å². The van der Waals surface area contributed by atoms with Crippen LogP contribution in [0, 0.1) is 11.3 Å². The number of aliphatic hydroxyl groups excluding tert-OH is 2. The summed E-state index contributed by atoms with van der Waals surface area (Å²) < 4.78 is 0. The van der Waals surface area contributed by atoms with E-state index in [4.69, 9.17) is 5.26 Å². The molecule has 1 aromatic rings. The maximum Gasteiger partial charge on any atom is 0.163 e. The smallest absolute Gasteiger partial charge is 0.163 e. The number of nitriles is 1. The van der Waals surface area contributed by atoms with E-state index < -0.39 is 12.2 Å². The third kappa shape index (κ3) is 3.03. The molecule has 0 heterocycles. The summed E-state index contributed by atoms with van der Waals surface area (Å²) in [6.07, 6.45) is -2.69. The first-order valence-electron chi connectivity index (χ1n) is 5.04. The molecule has 0 aliphatic rings. The number of carbonyl (C=O) groups excluding carboxylic acids is 1. The summed E-state index contributed by atoms with van der Waals surface area (Å²) in [5.74, 6) is -0.519. The number of Topliss-reactive ketones (excluding diaryl/α,β-unsaturated/α-hetero) is 1. The van der Waals surface area contributed by atoms with Gasteiger partial charge < -0.3 is 15.3 Å². The van der Waals surface area contributed by atoms with Crippen LogP contribution >= 0.6 is 0 Å². The third-order valence-corrected chi connectivity index (χ3v) is 2.41. The van der Waals surface area contributed by atoms with E-state index in [1.807, 2.05) is 0 Å². The van der Waals surface area contributed by atoms with E-state index in [1.54, 1.807) is 6.07 Å². The number of hydrogen-bond donors (Lipinski definition) is 3. The Morgan fingerprint density at radius 1 is 1.47 bits per heavy atom. The number of benzene rings is 1. The van der Waals surface area contributed by atoms with Crippen molar-refractivity contribution >= 4 is 5.78 Å². The second-order valence-corrected chi connectivity index (χ2v) is 3.71. The van der Waals surface area contributed by atoms with Gasteiger partial charge in [0.1, 0.15) is 11.9 Å². The van der Waals surface area contributed by atoms with Crippen molar-refractivity contribution in [1.29, 1.82) is 5.26 Å². The number of rotatable bonds is 4. The highest BCUT2D eigenvalue weighted by molar-refractivity contribution is 5.96. The van der Waals surface area contributed by atoms with Gasteiger partial charge in [0.2, 0.25) is 0 Å². The molecular weight excluding hydrogens is 222 g/mol. The summed E-state index contributed by atoms with van der Waals surface area (Å²) in [5, 5.41) is 37.0. The largest absolute Gasteiger partial charge is 0.507 e. The van der Waals surface area contributed by atoms with Gasteiger partial charge in [0.25, 0.3) is 0 Å². The fourth-order valence-electron chi connectivity index (χ4n) is 1.45. The SMILES string of the molecule is CC(=O)c1cc(C(O)C(O)CC#N)ccc1O.